The van der Waals surface area contributed by atoms with Crippen LogP contribution in [0, 0.1) is 18.8 Å². The molecule has 1 aliphatic heterocycles. The van der Waals surface area contributed by atoms with E-state index in [2.05, 4.69) is 37.8 Å². The van der Waals surface area contributed by atoms with Crippen LogP contribution in [0.15, 0.2) is 12.1 Å². The molecule has 1 aromatic heterocycles. The maximum atomic E-state index is 6.97. The molecule has 0 aromatic carbocycles. The topological polar surface area (TPSA) is 77.4 Å². The first-order valence-electron chi connectivity index (χ1n) is 9.80. The second kappa shape index (κ2) is 6.22. The van der Waals surface area contributed by atoms with Crippen LogP contribution in [-0.4, -0.2) is 36.3 Å². The Labute approximate surface area is 151 Å². The predicted octanol–water partition coefficient (Wildman–Crippen LogP) is 2.30. The number of ether oxygens (including phenoxy) is 1. The summed E-state index contributed by atoms with van der Waals surface area (Å²) in [6.07, 6.45) is 4.98. The van der Waals surface area contributed by atoms with E-state index >= 15 is 0 Å². The van der Waals surface area contributed by atoms with E-state index in [0.29, 0.717) is 17.9 Å². The van der Waals surface area contributed by atoms with Crippen LogP contribution in [-0.2, 0) is 10.3 Å². The number of hydrogen-bond donors (Lipinski definition) is 2. The van der Waals surface area contributed by atoms with Gasteiger partial charge in [0.15, 0.2) is 0 Å². The Morgan fingerprint density at radius 2 is 1.92 bits per heavy atom. The van der Waals surface area contributed by atoms with Crippen molar-refractivity contribution in [2.45, 2.75) is 70.2 Å². The molecule has 0 spiro atoms. The fourth-order valence-corrected chi connectivity index (χ4v) is 5.50. The van der Waals surface area contributed by atoms with Crippen molar-refractivity contribution in [3.8, 4) is 0 Å². The number of pyridine rings is 1. The summed E-state index contributed by atoms with van der Waals surface area (Å²) in [5, 5.41) is 0. The Hall–Kier alpha value is -1.17. The van der Waals surface area contributed by atoms with Crippen LogP contribution in [0.1, 0.15) is 50.8 Å². The highest BCUT2D eigenvalue weighted by molar-refractivity contribution is 5.45. The molecule has 3 aliphatic carbocycles. The lowest BCUT2D eigenvalue weighted by atomic mass is 9.57. The van der Waals surface area contributed by atoms with Crippen molar-refractivity contribution < 1.29 is 4.74 Å². The van der Waals surface area contributed by atoms with Gasteiger partial charge in [0.2, 0.25) is 0 Å². The molecule has 5 nitrogen and oxygen atoms in total. The molecule has 0 radical (unpaired) electrons. The molecule has 25 heavy (non-hydrogen) atoms. The molecule has 6 atom stereocenters. The van der Waals surface area contributed by atoms with E-state index in [1.165, 1.54) is 18.4 Å². The van der Waals surface area contributed by atoms with Crippen LogP contribution in [0.2, 0.25) is 0 Å². The largest absolute Gasteiger partial charge is 0.372 e. The van der Waals surface area contributed by atoms with E-state index in [1.54, 1.807) is 0 Å². The summed E-state index contributed by atoms with van der Waals surface area (Å²) >= 11 is 0. The molecule has 1 aromatic rings. The minimum Gasteiger partial charge on any atom is -0.372 e. The molecular weight excluding hydrogens is 312 g/mol. The number of fused-ring (bicyclic) bond motifs is 3. The molecule has 6 unspecified atom stereocenters. The number of aromatic nitrogens is 1. The lowest BCUT2D eigenvalue weighted by Crippen LogP contribution is -2.58. The second-order valence-electron chi connectivity index (χ2n) is 8.64. The minimum atomic E-state index is -0.250. The average molecular weight is 345 g/mol. The van der Waals surface area contributed by atoms with E-state index < -0.39 is 0 Å². The summed E-state index contributed by atoms with van der Waals surface area (Å²) in [4.78, 5) is 7.28. The summed E-state index contributed by atoms with van der Waals surface area (Å²) in [6.45, 7) is 8.15. The smallest absolute Gasteiger partial charge is 0.128 e. The van der Waals surface area contributed by atoms with Gasteiger partial charge in [-0.15, -0.1) is 0 Å². The third-order valence-corrected chi connectivity index (χ3v) is 6.69. The van der Waals surface area contributed by atoms with Gasteiger partial charge in [0.1, 0.15) is 5.82 Å². The average Bonchev–Trinajstić information content (AvgIpc) is 2.55. The zero-order chi connectivity index (χ0) is 17.8. The highest BCUT2D eigenvalue weighted by Crippen LogP contribution is 2.51. The number of nitrogens with zero attached hydrogens (tertiary/aromatic N) is 2. The van der Waals surface area contributed by atoms with Gasteiger partial charge in [-0.3, -0.25) is 0 Å². The van der Waals surface area contributed by atoms with Crippen LogP contribution in [0.4, 0.5) is 5.82 Å². The molecule has 0 amide bonds. The van der Waals surface area contributed by atoms with Gasteiger partial charge in [-0.2, -0.15) is 0 Å². The minimum absolute atomic E-state index is 0.238. The first kappa shape index (κ1) is 17.3. The molecule has 5 rings (SSSR count). The molecule has 4 aliphatic rings. The molecule has 1 saturated heterocycles. The Bertz CT molecular complexity index is 641. The van der Waals surface area contributed by atoms with E-state index in [4.69, 9.17) is 21.2 Å². The number of hydrogen-bond acceptors (Lipinski definition) is 5. The summed E-state index contributed by atoms with van der Waals surface area (Å²) in [7, 11) is 0. The summed E-state index contributed by atoms with van der Waals surface area (Å²) < 4.78 is 5.85. The first-order valence-corrected chi connectivity index (χ1v) is 9.80. The van der Waals surface area contributed by atoms with Gasteiger partial charge in [-0.1, -0.05) is 6.07 Å². The molecule has 4 N–H and O–H groups in total. The van der Waals surface area contributed by atoms with Gasteiger partial charge in [0.25, 0.3) is 0 Å². The lowest BCUT2D eigenvalue weighted by molar-refractivity contribution is -0.00548. The molecule has 138 valence electrons. The lowest BCUT2D eigenvalue weighted by Gasteiger charge is -2.53. The van der Waals surface area contributed by atoms with Crippen molar-refractivity contribution in [3.05, 3.63) is 23.4 Å². The molecule has 2 heterocycles. The Morgan fingerprint density at radius 1 is 1.20 bits per heavy atom. The summed E-state index contributed by atoms with van der Waals surface area (Å²) in [6, 6.07) is 4.72. The van der Waals surface area contributed by atoms with E-state index in [1.807, 2.05) is 0 Å². The van der Waals surface area contributed by atoms with Crippen LogP contribution >= 0.6 is 0 Å². The van der Waals surface area contributed by atoms with Gasteiger partial charge >= 0.3 is 0 Å². The van der Waals surface area contributed by atoms with Crippen LogP contribution in [0.3, 0.4) is 0 Å². The zero-order valence-electron chi connectivity index (χ0n) is 15.7. The molecule has 4 fully saturated rings. The number of anilines is 1. The fourth-order valence-electron chi connectivity index (χ4n) is 5.50. The number of nitrogens with two attached hydrogens (primary N) is 2. The number of rotatable bonds is 2. The Kier molecular flexibility index (Phi) is 4.29. The highest BCUT2D eigenvalue weighted by atomic mass is 16.5. The van der Waals surface area contributed by atoms with E-state index in [0.717, 1.165) is 37.4 Å². The van der Waals surface area contributed by atoms with Gasteiger partial charge in [0, 0.05) is 30.4 Å². The van der Waals surface area contributed by atoms with Crippen molar-refractivity contribution in [2.75, 3.05) is 18.0 Å². The Balaban J connectivity index is 1.60. The van der Waals surface area contributed by atoms with Crippen molar-refractivity contribution in [1.82, 2.24) is 4.98 Å². The standard InChI is InChI=1S/C20H32N4O/c1-12-10-24(11-13(2)25-12)19-7-6-17(14(3)23-19)20(22)9-15-4-5-16(20)8-18(15)21/h6-7,12-13,15-16,18H,4-5,8-11,21-22H2,1-3H3. The molecule has 5 heteroatoms. The van der Waals surface area contributed by atoms with E-state index in [9.17, 15) is 0 Å². The third-order valence-electron chi connectivity index (χ3n) is 6.69. The van der Waals surface area contributed by atoms with Crippen molar-refractivity contribution in [1.29, 1.82) is 0 Å². The normalized spacial score (nSPS) is 41.2. The third kappa shape index (κ3) is 2.96. The van der Waals surface area contributed by atoms with Crippen LogP contribution in [0.25, 0.3) is 0 Å². The molecule has 3 saturated carbocycles. The SMILES string of the molecule is Cc1nc(N2CC(C)OC(C)C2)ccc1C1(N)CC2CCC1CC2N. The summed E-state index contributed by atoms with van der Waals surface area (Å²) in [5.41, 5.74) is 15.3. The van der Waals surface area contributed by atoms with Crippen molar-refractivity contribution in [2.24, 2.45) is 23.3 Å². The number of morpholine rings is 1. The first-order chi connectivity index (χ1) is 11.9. The van der Waals surface area contributed by atoms with E-state index in [-0.39, 0.29) is 17.7 Å². The maximum Gasteiger partial charge on any atom is 0.128 e. The predicted molar refractivity (Wildman–Crippen MR) is 100 cm³/mol. The van der Waals surface area contributed by atoms with Gasteiger partial charge < -0.3 is 21.1 Å². The van der Waals surface area contributed by atoms with Crippen LogP contribution in [0.5, 0.6) is 0 Å². The fraction of sp³-hybridized carbons (Fsp3) is 0.750. The van der Waals surface area contributed by atoms with Gasteiger partial charge in [-0.25, -0.2) is 4.98 Å². The second-order valence-corrected chi connectivity index (χ2v) is 8.64. The monoisotopic (exact) mass is 344 g/mol. The van der Waals surface area contributed by atoms with Crippen molar-refractivity contribution >= 4 is 5.82 Å². The maximum absolute atomic E-state index is 6.97. The highest BCUT2D eigenvalue weighted by Gasteiger charge is 2.49. The van der Waals surface area contributed by atoms with Crippen LogP contribution < -0.4 is 16.4 Å². The van der Waals surface area contributed by atoms with Gasteiger partial charge in [-0.05, 0) is 69.9 Å². The Morgan fingerprint density at radius 3 is 2.48 bits per heavy atom. The zero-order valence-corrected chi connectivity index (χ0v) is 15.7. The van der Waals surface area contributed by atoms with Gasteiger partial charge in [0.05, 0.1) is 12.2 Å². The quantitative estimate of drug-likeness (QED) is 0.861. The number of aryl methyl sites for hydroxylation is 1. The molecular formula is C20H32N4O. The molecule has 2 bridgehead atoms. The summed E-state index contributed by atoms with van der Waals surface area (Å²) in [5.74, 6) is 2.10. The van der Waals surface area contributed by atoms with Crippen molar-refractivity contribution in [3.63, 3.8) is 0 Å².